The third kappa shape index (κ3) is 3.92. The minimum absolute atomic E-state index is 0.103. The first-order chi connectivity index (χ1) is 10.9. The van der Waals surface area contributed by atoms with E-state index in [0.29, 0.717) is 6.07 Å². The third-order valence-electron chi connectivity index (χ3n) is 3.08. The lowest BCUT2D eigenvalue weighted by molar-refractivity contribution is -0.385. The van der Waals surface area contributed by atoms with Gasteiger partial charge >= 0.3 is 0 Å². The summed E-state index contributed by atoms with van der Waals surface area (Å²) in [4.78, 5) is 10.1. The number of methoxy groups -OCH3 is 1. The van der Waals surface area contributed by atoms with Crippen molar-refractivity contribution in [3.63, 3.8) is 0 Å². The Hall–Kier alpha value is -2.74. The van der Waals surface area contributed by atoms with Gasteiger partial charge in [-0.25, -0.2) is 8.78 Å². The molecule has 1 unspecified atom stereocenters. The number of rotatable bonds is 6. The summed E-state index contributed by atoms with van der Waals surface area (Å²) >= 11 is 0. The molecule has 0 aliphatic rings. The number of hydrogen-bond acceptors (Lipinski definition) is 5. The maximum absolute atomic E-state index is 13.6. The highest BCUT2D eigenvalue weighted by molar-refractivity contribution is 5.48. The number of non-ortho nitro benzene ring substituents is 1. The number of halogens is 2. The summed E-state index contributed by atoms with van der Waals surface area (Å²) in [5.41, 5.74) is -0.299. The predicted octanol–water partition coefficient (Wildman–Crippen LogP) is 2.99. The molecule has 23 heavy (non-hydrogen) atoms. The summed E-state index contributed by atoms with van der Waals surface area (Å²) in [7, 11) is 1.31. The van der Waals surface area contributed by atoms with E-state index in [0.717, 1.165) is 12.1 Å². The Kier molecular flexibility index (Phi) is 5.07. The molecule has 0 saturated carbocycles. The van der Waals surface area contributed by atoms with Crippen LogP contribution in [0.1, 0.15) is 11.7 Å². The lowest BCUT2D eigenvalue weighted by atomic mass is 10.1. The molecule has 0 amide bonds. The van der Waals surface area contributed by atoms with E-state index >= 15 is 0 Å². The number of ether oxygens (including phenoxy) is 2. The highest BCUT2D eigenvalue weighted by Gasteiger charge is 2.17. The van der Waals surface area contributed by atoms with Crippen molar-refractivity contribution in [2.24, 2.45) is 0 Å². The molecular formula is C15H13F2NO5. The Labute approximate surface area is 130 Å². The van der Waals surface area contributed by atoms with Gasteiger partial charge in [0.15, 0.2) is 11.5 Å². The van der Waals surface area contributed by atoms with E-state index < -0.39 is 22.7 Å². The highest BCUT2D eigenvalue weighted by Crippen LogP contribution is 2.32. The molecule has 0 aliphatic carbocycles. The standard InChI is InChI=1S/C15H13F2NO5/c1-22-15-7-10(18(20)21)3-5-14(15)23-8-13(19)11-4-2-9(16)6-12(11)17/h2-7,13,19H,8H2,1H3. The second-order valence-corrected chi connectivity index (χ2v) is 4.58. The van der Waals surface area contributed by atoms with Crippen molar-refractivity contribution in [3.05, 3.63) is 63.7 Å². The fourth-order valence-corrected chi connectivity index (χ4v) is 1.92. The van der Waals surface area contributed by atoms with Gasteiger partial charge in [-0.3, -0.25) is 10.1 Å². The molecule has 0 saturated heterocycles. The largest absolute Gasteiger partial charge is 0.493 e. The normalized spacial score (nSPS) is 11.8. The second-order valence-electron chi connectivity index (χ2n) is 4.58. The van der Waals surface area contributed by atoms with Gasteiger partial charge in [-0.2, -0.15) is 0 Å². The van der Waals surface area contributed by atoms with Crippen molar-refractivity contribution in [1.29, 1.82) is 0 Å². The van der Waals surface area contributed by atoms with Gasteiger partial charge in [0.05, 0.1) is 18.1 Å². The van der Waals surface area contributed by atoms with Gasteiger partial charge in [0.25, 0.3) is 5.69 Å². The van der Waals surface area contributed by atoms with E-state index in [4.69, 9.17) is 9.47 Å². The first-order valence-electron chi connectivity index (χ1n) is 6.50. The first kappa shape index (κ1) is 16.6. The zero-order chi connectivity index (χ0) is 17.0. The van der Waals surface area contributed by atoms with Crippen molar-refractivity contribution in [2.45, 2.75) is 6.10 Å². The lowest BCUT2D eigenvalue weighted by Gasteiger charge is -2.15. The van der Waals surface area contributed by atoms with Gasteiger partial charge in [0.1, 0.15) is 24.3 Å². The van der Waals surface area contributed by atoms with Crippen LogP contribution in [-0.2, 0) is 0 Å². The lowest BCUT2D eigenvalue weighted by Crippen LogP contribution is -2.12. The van der Waals surface area contributed by atoms with E-state index in [1.165, 1.54) is 25.3 Å². The van der Waals surface area contributed by atoms with Crippen molar-refractivity contribution in [2.75, 3.05) is 13.7 Å². The van der Waals surface area contributed by atoms with Crippen LogP contribution >= 0.6 is 0 Å². The fourth-order valence-electron chi connectivity index (χ4n) is 1.92. The SMILES string of the molecule is COc1cc([N+](=O)[O-])ccc1OCC(O)c1ccc(F)cc1F. The van der Waals surface area contributed by atoms with E-state index in [1.807, 2.05) is 0 Å². The van der Waals surface area contributed by atoms with Gasteiger partial charge in [-0.05, 0) is 12.1 Å². The molecule has 0 spiro atoms. The molecule has 2 rings (SSSR count). The zero-order valence-corrected chi connectivity index (χ0v) is 12.0. The minimum atomic E-state index is -1.34. The molecule has 2 aromatic carbocycles. The molecule has 8 heteroatoms. The Morgan fingerprint density at radius 3 is 2.57 bits per heavy atom. The molecule has 0 radical (unpaired) electrons. The summed E-state index contributed by atoms with van der Waals surface area (Å²) in [6.45, 7) is -0.337. The van der Waals surface area contributed by atoms with Crippen LogP contribution in [0.4, 0.5) is 14.5 Å². The summed E-state index contributed by atoms with van der Waals surface area (Å²) in [6.07, 6.45) is -1.34. The van der Waals surface area contributed by atoms with Crippen molar-refractivity contribution in [3.8, 4) is 11.5 Å². The molecule has 0 fully saturated rings. The van der Waals surface area contributed by atoms with E-state index in [2.05, 4.69) is 0 Å². The molecule has 0 heterocycles. The Balaban J connectivity index is 2.12. The van der Waals surface area contributed by atoms with Crippen LogP contribution in [-0.4, -0.2) is 23.7 Å². The molecule has 122 valence electrons. The van der Waals surface area contributed by atoms with Crippen LogP contribution in [0.2, 0.25) is 0 Å². The number of aliphatic hydroxyl groups excluding tert-OH is 1. The van der Waals surface area contributed by atoms with E-state index in [1.54, 1.807) is 0 Å². The van der Waals surface area contributed by atoms with Gasteiger partial charge in [0, 0.05) is 17.7 Å². The summed E-state index contributed by atoms with van der Waals surface area (Å²) in [6, 6.07) is 6.48. The fraction of sp³-hybridized carbons (Fsp3) is 0.200. The van der Waals surface area contributed by atoms with Gasteiger partial charge in [-0.1, -0.05) is 6.07 Å². The monoisotopic (exact) mass is 325 g/mol. The second kappa shape index (κ2) is 7.01. The number of nitro groups is 1. The Morgan fingerprint density at radius 2 is 1.96 bits per heavy atom. The van der Waals surface area contributed by atoms with Crippen LogP contribution in [0.3, 0.4) is 0 Å². The molecule has 1 N–H and O–H groups in total. The number of nitro benzene ring substituents is 1. The molecule has 0 aliphatic heterocycles. The van der Waals surface area contributed by atoms with Gasteiger partial charge in [0.2, 0.25) is 0 Å². The van der Waals surface area contributed by atoms with E-state index in [-0.39, 0.29) is 29.4 Å². The molecule has 0 bridgehead atoms. The van der Waals surface area contributed by atoms with Crippen molar-refractivity contribution < 1.29 is 28.3 Å². The topological polar surface area (TPSA) is 81.8 Å². The number of aliphatic hydroxyl groups is 1. The van der Waals surface area contributed by atoms with Gasteiger partial charge in [-0.15, -0.1) is 0 Å². The maximum atomic E-state index is 13.6. The maximum Gasteiger partial charge on any atom is 0.273 e. The number of hydrogen-bond donors (Lipinski definition) is 1. The summed E-state index contributed by atoms with van der Waals surface area (Å²) in [5.74, 6) is -1.39. The van der Waals surface area contributed by atoms with Crippen LogP contribution in [0.5, 0.6) is 11.5 Å². The molecular weight excluding hydrogens is 312 g/mol. The molecule has 2 aromatic rings. The quantitative estimate of drug-likeness (QED) is 0.652. The Morgan fingerprint density at radius 1 is 1.22 bits per heavy atom. The Bertz CT molecular complexity index is 723. The van der Waals surface area contributed by atoms with Gasteiger partial charge < -0.3 is 14.6 Å². The van der Waals surface area contributed by atoms with E-state index in [9.17, 15) is 24.0 Å². The smallest absolute Gasteiger partial charge is 0.273 e. The molecule has 6 nitrogen and oxygen atoms in total. The van der Waals surface area contributed by atoms with Crippen LogP contribution in [0.15, 0.2) is 36.4 Å². The third-order valence-corrected chi connectivity index (χ3v) is 3.08. The van der Waals surface area contributed by atoms with Crippen LogP contribution in [0, 0.1) is 21.7 Å². The molecule has 1 atom stereocenters. The zero-order valence-electron chi connectivity index (χ0n) is 12.0. The van der Waals surface area contributed by atoms with Crippen molar-refractivity contribution in [1.82, 2.24) is 0 Å². The van der Waals surface area contributed by atoms with Crippen LogP contribution in [0.25, 0.3) is 0 Å². The highest BCUT2D eigenvalue weighted by atomic mass is 19.1. The summed E-state index contributed by atoms with van der Waals surface area (Å²) < 4.78 is 36.7. The average Bonchev–Trinajstić information content (AvgIpc) is 2.52. The van der Waals surface area contributed by atoms with Crippen LogP contribution < -0.4 is 9.47 Å². The first-order valence-corrected chi connectivity index (χ1v) is 6.50. The average molecular weight is 325 g/mol. The molecule has 0 aromatic heterocycles. The summed E-state index contributed by atoms with van der Waals surface area (Å²) in [5, 5.41) is 20.6. The minimum Gasteiger partial charge on any atom is -0.493 e. The van der Waals surface area contributed by atoms with Crippen molar-refractivity contribution >= 4 is 5.69 Å². The number of nitrogens with zero attached hydrogens (tertiary/aromatic N) is 1. The predicted molar refractivity (Wildman–Crippen MR) is 76.5 cm³/mol. The number of benzene rings is 2.